The van der Waals surface area contributed by atoms with Gasteiger partial charge in [-0.3, -0.25) is 0 Å². The Hall–Kier alpha value is -2.28. The van der Waals surface area contributed by atoms with Gasteiger partial charge in [-0.15, -0.1) is 0 Å². The minimum Gasteiger partial charge on any atom is -0.504 e. The second-order valence-corrected chi connectivity index (χ2v) is 6.12. The summed E-state index contributed by atoms with van der Waals surface area (Å²) in [5, 5.41) is 11.1. The van der Waals surface area contributed by atoms with E-state index in [0.29, 0.717) is 11.8 Å². The predicted octanol–water partition coefficient (Wildman–Crippen LogP) is 3.65. The normalized spacial score (nSPS) is 15.6. The third kappa shape index (κ3) is 3.87. The highest BCUT2D eigenvalue weighted by Gasteiger charge is 2.42. The average molecular weight is 353 g/mol. The highest BCUT2D eigenvalue weighted by Crippen LogP contribution is 2.38. The molecule has 1 N–H and O–H groups in total. The van der Waals surface area contributed by atoms with E-state index < -0.39 is 23.6 Å². The van der Waals surface area contributed by atoms with Crippen molar-refractivity contribution in [2.45, 2.75) is 25.4 Å². The molecule has 7 heteroatoms. The minimum atomic E-state index is -5.12. The SMILES string of the molecule is O=C(Oc1c(O)cc(CCN2CCCC2)c2ccccc12)C(F)(F)F. The van der Waals surface area contributed by atoms with Crippen LogP contribution in [0.3, 0.4) is 0 Å². The number of halogens is 3. The molecule has 4 nitrogen and oxygen atoms in total. The number of fused-ring (bicyclic) bond motifs is 1. The van der Waals surface area contributed by atoms with Gasteiger partial charge >= 0.3 is 12.1 Å². The van der Waals surface area contributed by atoms with E-state index in [4.69, 9.17) is 0 Å². The lowest BCUT2D eigenvalue weighted by molar-refractivity contribution is -0.189. The Balaban J connectivity index is 1.93. The molecule has 3 rings (SSSR count). The monoisotopic (exact) mass is 353 g/mol. The van der Waals surface area contributed by atoms with Crippen LogP contribution in [-0.2, 0) is 11.2 Å². The summed E-state index contributed by atoms with van der Waals surface area (Å²) in [6, 6.07) is 8.05. The molecule has 0 radical (unpaired) electrons. The van der Waals surface area contributed by atoms with Gasteiger partial charge in [0, 0.05) is 11.9 Å². The van der Waals surface area contributed by atoms with Gasteiger partial charge in [-0.1, -0.05) is 24.3 Å². The zero-order chi connectivity index (χ0) is 18.0. The van der Waals surface area contributed by atoms with Crippen molar-refractivity contribution in [3.05, 3.63) is 35.9 Å². The Labute approximate surface area is 142 Å². The first-order valence-electron chi connectivity index (χ1n) is 8.11. The minimum absolute atomic E-state index is 0.288. The van der Waals surface area contributed by atoms with E-state index >= 15 is 0 Å². The van der Waals surface area contributed by atoms with Gasteiger partial charge in [0.15, 0.2) is 11.5 Å². The molecule has 1 heterocycles. The van der Waals surface area contributed by atoms with Crippen molar-refractivity contribution in [3.63, 3.8) is 0 Å². The summed E-state index contributed by atoms with van der Waals surface area (Å²) in [4.78, 5) is 13.5. The lowest BCUT2D eigenvalue weighted by Gasteiger charge is -2.17. The topological polar surface area (TPSA) is 49.8 Å². The number of rotatable bonds is 4. The maximum Gasteiger partial charge on any atom is 0.491 e. The molecular weight excluding hydrogens is 335 g/mol. The molecule has 0 bridgehead atoms. The van der Waals surface area contributed by atoms with Crippen LogP contribution in [0.4, 0.5) is 13.2 Å². The Morgan fingerprint density at radius 3 is 2.44 bits per heavy atom. The predicted molar refractivity (Wildman–Crippen MR) is 86.7 cm³/mol. The number of phenols is 1. The van der Waals surface area contributed by atoms with E-state index in [0.717, 1.165) is 25.2 Å². The van der Waals surface area contributed by atoms with Gasteiger partial charge in [0.1, 0.15) is 0 Å². The quantitative estimate of drug-likeness (QED) is 0.673. The number of nitrogens with zero attached hydrogens (tertiary/aromatic N) is 1. The number of phenolic OH excluding ortho intramolecular Hbond substituents is 1. The smallest absolute Gasteiger partial charge is 0.491 e. The molecule has 2 aromatic rings. The molecule has 1 aliphatic rings. The van der Waals surface area contributed by atoms with E-state index in [1.165, 1.54) is 25.0 Å². The zero-order valence-corrected chi connectivity index (χ0v) is 13.5. The highest BCUT2D eigenvalue weighted by atomic mass is 19.4. The molecular formula is C18H18F3NO3. The molecule has 1 saturated heterocycles. The van der Waals surface area contributed by atoms with Crippen molar-refractivity contribution in [1.82, 2.24) is 4.90 Å². The fourth-order valence-corrected chi connectivity index (χ4v) is 3.16. The first-order valence-corrected chi connectivity index (χ1v) is 8.11. The highest BCUT2D eigenvalue weighted by molar-refractivity contribution is 5.95. The van der Waals surface area contributed by atoms with Crippen LogP contribution in [0.15, 0.2) is 30.3 Å². The second-order valence-electron chi connectivity index (χ2n) is 6.12. The number of carbonyl (C=O) groups excluding carboxylic acids is 1. The van der Waals surface area contributed by atoms with Gasteiger partial charge in [-0.25, -0.2) is 4.79 Å². The van der Waals surface area contributed by atoms with Crippen LogP contribution in [0.25, 0.3) is 10.8 Å². The Bertz CT molecular complexity index is 783. The molecule has 0 spiro atoms. The Morgan fingerprint density at radius 2 is 1.80 bits per heavy atom. The van der Waals surface area contributed by atoms with Crippen molar-refractivity contribution in [3.8, 4) is 11.5 Å². The lowest BCUT2D eigenvalue weighted by Crippen LogP contribution is -2.28. The Kier molecular flexibility index (Phi) is 4.85. The molecule has 0 aliphatic carbocycles. The average Bonchev–Trinajstić information content (AvgIpc) is 3.08. The molecule has 1 fully saturated rings. The molecule has 0 unspecified atom stereocenters. The molecule has 0 amide bonds. The molecule has 134 valence electrons. The van der Waals surface area contributed by atoms with Gasteiger partial charge in [-0.2, -0.15) is 13.2 Å². The van der Waals surface area contributed by atoms with Crippen LogP contribution < -0.4 is 4.74 Å². The van der Waals surface area contributed by atoms with Crippen LogP contribution >= 0.6 is 0 Å². The number of ether oxygens (including phenoxy) is 1. The summed E-state index contributed by atoms with van der Waals surface area (Å²) in [6.07, 6.45) is -2.14. The molecule has 0 saturated carbocycles. The van der Waals surface area contributed by atoms with Crippen LogP contribution in [-0.4, -0.2) is 41.8 Å². The number of esters is 1. The van der Waals surface area contributed by atoms with Crippen molar-refractivity contribution in [2.24, 2.45) is 0 Å². The van der Waals surface area contributed by atoms with Gasteiger partial charge in [-0.05, 0) is 49.4 Å². The number of benzene rings is 2. The number of hydrogen-bond acceptors (Lipinski definition) is 4. The van der Waals surface area contributed by atoms with Crippen molar-refractivity contribution < 1.29 is 27.8 Å². The van der Waals surface area contributed by atoms with Crippen molar-refractivity contribution in [1.29, 1.82) is 0 Å². The summed E-state index contributed by atoms with van der Waals surface area (Å²) in [7, 11) is 0. The number of likely N-dealkylation sites (tertiary alicyclic amines) is 1. The summed E-state index contributed by atoms with van der Waals surface area (Å²) < 4.78 is 41.9. The fraction of sp³-hybridized carbons (Fsp3) is 0.389. The Morgan fingerprint density at radius 1 is 1.16 bits per heavy atom. The van der Waals surface area contributed by atoms with Gasteiger partial charge in [0.05, 0.1) is 0 Å². The summed E-state index contributed by atoms with van der Waals surface area (Å²) in [5.74, 6) is -3.27. The van der Waals surface area contributed by atoms with E-state index in [9.17, 15) is 23.1 Å². The van der Waals surface area contributed by atoms with Crippen LogP contribution in [0.5, 0.6) is 11.5 Å². The third-order valence-corrected chi connectivity index (χ3v) is 4.38. The van der Waals surface area contributed by atoms with Crippen molar-refractivity contribution >= 4 is 16.7 Å². The van der Waals surface area contributed by atoms with Gasteiger partial charge in [0.25, 0.3) is 0 Å². The standard InChI is InChI=1S/C18H18F3NO3/c19-18(20,21)17(24)25-16-14-6-2-1-5-13(14)12(11-15(16)23)7-10-22-8-3-4-9-22/h1-2,5-6,11,23H,3-4,7-10H2. The van der Waals surface area contributed by atoms with Crippen LogP contribution in [0, 0.1) is 0 Å². The van der Waals surface area contributed by atoms with E-state index in [2.05, 4.69) is 9.64 Å². The summed E-state index contributed by atoms with van der Waals surface area (Å²) in [5.41, 5.74) is 0.812. The number of carbonyl (C=O) groups is 1. The second kappa shape index (κ2) is 6.92. The van der Waals surface area contributed by atoms with Crippen LogP contribution in [0.2, 0.25) is 0 Å². The van der Waals surface area contributed by atoms with E-state index in [1.54, 1.807) is 18.2 Å². The largest absolute Gasteiger partial charge is 0.504 e. The molecule has 2 aromatic carbocycles. The maximum atomic E-state index is 12.5. The molecule has 25 heavy (non-hydrogen) atoms. The molecule has 0 atom stereocenters. The first-order chi connectivity index (χ1) is 11.9. The number of hydrogen-bond donors (Lipinski definition) is 1. The van der Waals surface area contributed by atoms with Crippen molar-refractivity contribution in [2.75, 3.05) is 19.6 Å². The first kappa shape index (κ1) is 17.5. The number of aromatic hydroxyl groups is 1. The van der Waals surface area contributed by atoms with Gasteiger partial charge < -0.3 is 14.7 Å². The summed E-state index contributed by atoms with van der Waals surface area (Å²) >= 11 is 0. The van der Waals surface area contributed by atoms with Crippen LogP contribution in [0.1, 0.15) is 18.4 Å². The molecule has 1 aliphatic heterocycles. The van der Waals surface area contributed by atoms with E-state index in [1.807, 2.05) is 0 Å². The maximum absolute atomic E-state index is 12.5. The van der Waals surface area contributed by atoms with E-state index in [-0.39, 0.29) is 5.39 Å². The lowest BCUT2D eigenvalue weighted by atomic mass is 10.0. The number of alkyl halides is 3. The third-order valence-electron chi connectivity index (χ3n) is 4.38. The van der Waals surface area contributed by atoms with Gasteiger partial charge in [0.2, 0.25) is 0 Å². The fourth-order valence-electron chi connectivity index (χ4n) is 3.16. The molecule has 0 aromatic heterocycles. The zero-order valence-electron chi connectivity index (χ0n) is 13.5. The summed E-state index contributed by atoms with van der Waals surface area (Å²) in [6.45, 7) is 2.88.